The summed E-state index contributed by atoms with van der Waals surface area (Å²) >= 11 is 0. The van der Waals surface area contributed by atoms with Crippen molar-refractivity contribution >= 4 is 22.7 Å². The number of aromatic nitrogens is 4. The molecule has 174 valence electrons. The Labute approximate surface area is 194 Å². The molecule has 6 rings (SSSR count). The Morgan fingerprint density at radius 1 is 0.848 bits per heavy atom. The second-order valence-corrected chi connectivity index (χ2v) is 9.69. The van der Waals surface area contributed by atoms with E-state index in [1.54, 1.807) is 0 Å². The van der Waals surface area contributed by atoms with Crippen LogP contribution < -0.4 is 9.80 Å². The SMILES string of the molecule is CC1(C)OCCn2c1nc1c(N3CCOCC3)nc(-c3cccc(N4CCCCC4)c3)nc12. The van der Waals surface area contributed by atoms with E-state index < -0.39 is 5.60 Å². The van der Waals surface area contributed by atoms with Crippen LogP contribution in [0.2, 0.25) is 0 Å². The van der Waals surface area contributed by atoms with E-state index in [9.17, 15) is 0 Å². The van der Waals surface area contributed by atoms with Gasteiger partial charge in [0.05, 0.1) is 19.8 Å². The minimum atomic E-state index is -0.449. The fraction of sp³-hybridized carbons (Fsp3) is 0.560. The summed E-state index contributed by atoms with van der Waals surface area (Å²) in [5.74, 6) is 2.58. The lowest BCUT2D eigenvalue weighted by atomic mass is 10.1. The molecule has 0 unspecified atom stereocenters. The lowest BCUT2D eigenvalue weighted by Gasteiger charge is -2.30. The van der Waals surface area contributed by atoms with E-state index in [4.69, 9.17) is 24.4 Å². The van der Waals surface area contributed by atoms with E-state index in [0.717, 1.165) is 66.9 Å². The van der Waals surface area contributed by atoms with Crippen LogP contribution in [0, 0.1) is 0 Å². The molecule has 2 aromatic heterocycles. The van der Waals surface area contributed by atoms with Crippen LogP contribution in [-0.4, -0.2) is 65.5 Å². The van der Waals surface area contributed by atoms with Gasteiger partial charge in [-0.1, -0.05) is 12.1 Å². The number of benzene rings is 1. The smallest absolute Gasteiger partial charge is 0.166 e. The molecule has 33 heavy (non-hydrogen) atoms. The maximum Gasteiger partial charge on any atom is 0.166 e. The summed E-state index contributed by atoms with van der Waals surface area (Å²) < 4.78 is 13.9. The highest BCUT2D eigenvalue weighted by atomic mass is 16.5. The molecule has 8 nitrogen and oxygen atoms in total. The second-order valence-electron chi connectivity index (χ2n) is 9.69. The molecule has 5 heterocycles. The van der Waals surface area contributed by atoms with Gasteiger partial charge in [-0.3, -0.25) is 0 Å². The lowest BCUT2D eigenvalue weighted by Crippen LogP contribution is -2.37. The Kier molecular flexibility index (Phi) is 5.22. The molecule has 2 fully saturated rings. The van der Waals surface area contributed by atoms with Crippen LogP contribution in [0.5, 0.6) is 0 Å². The van der Waals surface area contributed by atoms with Gasteiger partial charge in [-0.05, 0) is 45.2 Å². The van der Waals surface area contributed by atoms with Gasteiger partial charge in [-0.2, -0.15) is 0 Å². The fourth-order valence-corrected chi connectivity index (χ4v) is 5.23. The van der Waals surface area contributed by atoms with Crippen molar-refractivity contribution in [2.24, 2.45) is 0 Å². The number of fused-ring (bicyclic) bond motifs is 3. The van der Waals surface area contributed by atoms with Crippen molar-refractivity contribution in [3.05, 3.63) is 30.1 Å². The minimum absolute atomic E-state index is 0.449. The highest BCUT2D eigenvalue weighted by Crippen LogP contribution is 2.35. The third kappa shape index (κ3) is 3.75. The monoisotopic (exact) mass is 448 g/mol. The molecule has 0 bridgehead atoms. The molecule has 3 aromatic rings. The van der Waals surface area contributed by atoms with Gasteiger partial charge in [0.15, 0.2) is 22.8 Å². The first kappa shape index (κ1) is 20.9. The van der Waals surface area contributed by atoms with E-state index in [1.807, 2.05) is 0 Å². The Morgan fingerprint density at radius 2 is 1.67 bits per heavy atom. The van der Waals surface area contributed by atoms with Crippen molar-refractivity contribution in [1.29, 1.82) is 0 Å². The number of ether oxygens (including phenoxy) is 2. The van der Waals surface area contributed by atoms with Crippen molar-refractivity contribution in [3.63, 3.8) is 0 Å². The molecular weight excluding hydrogens is 416 g/mol. The molecule has 3 aliphatic heterocycles. The first-order valence-electron chi connectivity index (χ1n) is 12.2. The van der Waals surface area contributed by atoms with E-state index in [2.05, 4.69) is 52.5 Å². The fourth-order valence-electron chi connectivity index (χ4n) is 5.23. The molecule has 2 saturated heterocycles. The van der Waals surface area contributed by atoms with Gasteiger partial charge >= 0.3 is 0 Å². The predicted octanol–water partition coefficient (Wildman–Crippen LogP) is 3.59. The molecule has 0 amide bonds. The lowest BCUT2D eigenvalue weighted by molar-refractivity contribution is -0.0530. The zero-order valence-corrected chi connectivity index (χ0v) is 19.6. The summed E-state index contributed by atoms with van der Waals surface area (Å²) in [4.78, 5) is 20.0. The van der Waals surface area contributed by atoms with Crippen LogP contribution in [0.4, 0.5) is 11.5 Å². The highest BCUT2D eigenvalue weighted by molar-refractivity contribution is 5.87. The van der Waals surface area contributed by atoms with E-state index >= 15 is 0 Å². The summed E-state index contributed by atoms with van der Waals surface area (Å²) in [7, 11) is 0. The Balaban J connectivity index is 1.50. The van der Waals surface area contributed by atoms with Crippen molar-refractivity contribution in [3.8, 4) is 11.4 Å². The highest BCUT2D eigenvalue weighted by Gasteiger charge is 2.34. The van der Waals surface area contributed by atoms with Gasteiger partial charge in [-0.15, -0.1) is 0 Å². The standard InChI is InChI=1S/C25H32N6O2/c1-25(2)24-26-20-22(30-11-14-32-15-12-30)27-21(28-23(20)31(24)13-16-33-25)18-7-6-8-19(17-18)29-9-4-3-5-10-29/h6-8,17H,3-5,9-16H2,1-2H3. The topological polar surface area (TPSA) is 68.5 Å². The maximum atomic E-state index is 6.03. The van der Waals surface area contributed by atoms with Crippen LogP contribution in [0.15, 0.2) is 24.3 Å². The normalized spacial score (nSPS) is 20.8. The number of hydrogen-bond donors (Lipinski definition) is 0. The molecular formula is C25H32N6O2. The van der Waals surface area contributed by atoms with Gasteiger partial charge in [0.25, 0.3) is 0 Å². The molecule has 3 aliphatic rings. The first-order chi connectivity index (χ1) is 16.1. The Bertz CT molecular complexity index is 1160. The van der Waals surface area contributed by atoms with Crippen LogP contribution in [-0.2, 0) is 21.6 Å². The Morgan fingerprint density at radius 3 is 2.48 bits per heavy atom. The number of imidazole rings is 1. The van der Waals surface area contributed by atoms with E-state index in [1.165, 1.54) is 24.9 Å². The third-order valence-corrected chi connectivity index (χ3v) is 7.03. The van der Waals surface area contributed by atoms with Gasteiger partial charge in [0.2, 0.25) is 0 Å². The van der Waals surface area contributed by atoms with E-state index in [-0.39, 0.29) is 0 Å². The molecule has 0 N–H and O–H groups in total. The van der Waals surface area contributed by atoms with Gasteiger partial charge < -0.3 is 23.8 Å². The summed E-state index contributed by atoms with van der Waals surface area (Å²) in [6.45, 7) is 10.8. The quantitative estimate of drug-likeness (QED) is 0.607. The maximum absolute atomic E-state index is 6.03. The van der Waals surface area contributed by atoms with Crippen LogP contribution in [0.3, 0.4) is 0 Å². The summed E-state index contributed by atoms with van der Waals surface area (Å²) in [6, 6.07) is 8.70. The van der Waals surface area contributed by atoms with Gasteiger partial charge in [0.1, 0.15) is 11.4 Å². The summed E-state index contributed by atoms with van der Waals surface area (Å²) in [5, 5.41) is 0. The van der Waals surface area contributed by atoms with Gasteiger partial charge in [0, 0.05) is 44.0 Å². The number of hydrogen-bond acceptors (Lipinski definition) is 7. The number of anilines is 2. The third-order valence-electron chi connectivity index (χ3n) is 7.03. The molecule has 0 saturated carbocycles. The zero-order chi connectivity index (χ0) is 22.4. The number of rotatable bonds is 3. The van der Waals surface area contributed by atoms with Crippen molar-refractivity contribution in [2.75, 3.05) is 55.8 Å². The Hall–Kier alpha value is -2.71. The molecule has 0 atom stereocenters. The molecule has 1 aromatic carbocycles. The average Bonchev–Trinajstić information content (AvgIpc) is 3.25. The van der Waals surface area contributed by atoms with Crippen molar-refractivity contribution in [1.82, 2.24) is 19.5 Å². The number of morpholine rings is 1. The van der Waals surface area contributed by atoms with Gasteiger partial charge in [-0.25, -0.2) is 15.0 Å². The number of nitrogens with zero attached hydrogens (tertiary/aromatic N) is 6. The first-order valence-corrected chi connectivity index (χ1v) is 12.2. The zero-order valence-electron chi connectivity index (χ0n) is 19.6. The van der Waals surface area contributed by atoms with Crippen molar-refractivity contribution in [2.45, 2.75) is 45.3 Å². The second kappa shape index (κ2) is 8.25. The molecule has 0 spiro atoms. The molecule has 8 heteroatoms. The van der Waals surface area contributed by atoms with Crippen LogP contribution >= 0.6 is 0 Å². The van der Waals surface area contributed by atoms with Crippen molar-refractivity contribution < 1.29 is 9.47 Å². The predicted molar refractivity (Wildman–Crippen MR) is 129 cm³/mol. The minimum Gasteiger partial charge on any atom is -0.378 e. The van der Waals surface area contributed by atoms with E-state index in [0.29, 0.717) is 19.8 Å². The summed E-state index contributed by atoms with van der Waals surface area (Å²) in [6.07, 6.45) is 3.84. The average molecular weight is 449 g/mol. The molecule has 0 radical (unpaired) electrons. The summed E-state index contributed by atoms with van der Waals surface area (Å²) in [5.41, 5.74) is 3.62. The largest absolute Gasteiger partial charge is 0.378 e. The van der Waals surface area contributed by atoms with Crippen LogP contribution in [0.25, 0.3) is 22.6 Å². The van der Waals surface area contributed by atoms with Crippen LogP contribution in [0.1, 0.15) is 38.9 Å². The molecule has 0 aliphatic carbocycles. The number of piperidine rings is 1.